The van der Waals surface area contributed by atoms with Gasteiger partial charge in [-0.3, -0.25) is 4.79 Å². The minimum absolute atomic E-state index is 0.0640. The normalized spacial score (nSPS) is 25.2. The van der Waals surface area contributed by atoms with Crippen LogP contribution in [0.15, 0.2) is 66.9 Å². The average molecular weight is 357 g/mol. The topological polar surface area (TPSA) is 20.3 Å². The molecule has 1 saturated heterocycles. The predicted octanol–water partition coefficient (Wildman–Crippen LogP) is 5.13. The first-order valence-electron chi connectivity index (χ1n) is 8.53. The highest BCUT2D eigenvalue weighted by atomic mass is 19.4. The van der Waals surface area contributed by atoms with Gasteiger partial charge in [0.2, 0.25) is 5.91 Å². The fraction of sp³-hybridized carbons (Fsp3) is 0.286. The highest BCUT2D eigenvalue weighted by molar-refractivity contribution is 5.84. The summed E-state index contributed by atoms with van der Waals surface area (Å²) in [5.74, 6) is -0.372. The molecule has 1 spiro atoms. The highest BCUT2D eigenvalue weighted by Gasteiger charge is 2.64. The minimum Gasteiger partial charge on any atom is -0.312 e. The predicted molar refractivity (Wildman–Crippen MR) is 92.0 cm³/mol. The monoisotopic (exact) mass is 357 g/mol. The molecule has 0 radical (unpaired) electrons. The number of allylic oxidation sites excluding steroid dienone is 1. The SMILES string of the molecule is C=C1N(Cc2ccccc2)C(=O)C[C@]12C[C@H]2c1ccccc1C(F)(F)F. The van der Waals surface area contributed by atoms with Gasteiger partial charge in [0.25, 0.3) is 0 Å². The molecule has 1 aliphatic heterocycles. The largest absolute Gasteiger partial charge is 0.416 e. The van der Waals surface area contributed by atoms with Crippen LogP contribution in [0.4, 0.5) is 13.2 Å². The van der Waals surface area contributed by atoms with Crippen LogP contribution in [0.5, 0.6) is 0 Å². The maximum absolute atomic E-state index is 13.4. The zero-order valence-electron chi connectivity index (χ0n) is 14.1. The summed E-state index contributed by atoms with van der Waals surface area (Å²) in [6.45, 7) is 4.50. The van der Waals surface area contributed by atoms with E-state index in [2.05, 4.69) is 6.58 Å². The smallest absolute Gasteiger partial charge is 0.312 e. The number of likely N-dealkylation sites (tertiary alicyclic amines) is 1. The van der Waals surface area contributed by atoms with Crippen molar-refractivity contribution in [1.82, 2.24) is 4.90 Å². The summed E-state index contributed by atoms with van der Waals surface area (Å²) in [5.41, 5.74) is 0.729. The second kappa shape index (κ2) is 5.73. The van der Waals surface area contributed by atoms with E-state index in [0.29, 0.717) is 18.7 Å². The summed E-state index contributed by atoms with van der Waals surface area (Å²) in [7, 11) is 0. The molecule has 1 aliphatic carbocycles. The van der Waals surface area contributed by atoms with E-state index >= 15 is 0 Å². The molecular weight excluding hydrogens is 339 g/mol. The zero-order chi connectivity index (χ0) is 18.5. The maximum atomic E-state index is 13.4. The standard InChI is InChI=1S/C21H18F3NO/c1-14-20(12-19(26)25(14)13-15-7-3-2-4-8-15)11-18(20)16-9-5-6-10-17(16)21(22,23)24/h2-10,18H,1,11-13H2/t18-,20+/m0/s1. The number of nitrogens with zero attached hydrogens (tertiary/aromatic N) is 1. The molecule has 2 aromatic carbocycles. The van der Waals surface area contributed by atoms with Crippen LogP contribution in [-0.2, 0) is 17.5 Å². The number of benzene rings is 2. The Morgan fingerprint density at radius 1 is 1.08 bits per heavy atom. The van der Waals surface area contributed by atoms with E-state index in [-0.39, 0.29) is 23.8 Å². The first-order valence-corrected chi connectivity index (χ1v) is 8.53. The van der Waals surface area contributed by atoms with Gasteiger partial charge < -0.3 is 4.90 Å². The Morgan fingerprint density at radius 2 is 1.73 bits per heavy atom. The Bertz CT molecular complexity index is 874. The number of hydrogen-bond acceptors (Lipinski definition) is 1. The van der Waals surface area contributed by atoms with E-state index in [0.717, 1.165) is 11.6 Å². The lowest BCUT2D eigenvalue weighted by Crippen LogP contribution is -2.22. The lowest BCUT2D eigenvalue weighted by Gasteiger charge is -2.20. The van der Waals surface area contributed by atoms with Crippen LogP contribution in [-0.4, -0.2) is 10.8 Å². The van der Waals surface area contributed by atoms with Crippen molar-refractivity contribution in [1.29, 1.82) is 0 Å². The summed E-state index contributed by atoms with van der Waals surface area (Å²) >= 11 is 0. The molecule has 2 atom stereocenters. The Labute approximate surface area is 149 Å². The van der Waals surface area contributed by atoms with Gasteiger partial charge in [-0.05, 0) is 29.5 Å². The van der Waals surface area contributed by atoms with Gasteiger partial charge >= 0.3 is 6.18 Å². The zero-order valence-corrected chi connectivity index (χ0v) is 14.1. The second-order valence-electron chi connectivity index (χ2n) is 7.09. The van der Waals surface area contributed by atoms with Gasteiger partial charge in [-0.2, -0.15) is 13.2 Å². The van der Waals surface area contributed by atoms with Gasteiger partial charge in [0.05, 0.1) is 12.1 Å². The van der Waals surface area contributed by atoms with Crippen LogP contribution in [0.25, 0.3) is 0 Å². The second-order valence-corrected chi connectivity index (χ2v) is 7.09. The number of carbonyl (C=O) groups excluding carboxylic acids is 1. The molecule has 0 N–H and O–H groups in total. The first-order chi connectivity index (χ1) is 12.3. The molecule has 1 amide bonds. The molecule has 0 unspecified atom stereocenters. The fourth-order valence-corrected chi connectivity index (χ4v) is 4.12. The molecule has 26 heavy (non-hydrogen) atoms. The average Bonchev–Trinajstić information content (AvgIpc) is 3.29. The van der Waals surface area contributed by atoms with Gasteiger partial charge in [0, 0.05) is 17.5 Å². The Balaban J connectivity index is 1.61. The number of carbonyl (C=O) groups is 1. The van der Waals surface area contributed by atoms with Crippen molar-refractivity contribution in [2.75, 3.05) is 0 Å². The van der Waals surface area contributed by atoms with E-state index in [1.165, 1.54) is 12.1 Å². The van der Waals surface area contributed by atoms with Crippen LogP contribution in [0.1, 0.15) is 35.4 Å². The van der Waals surface area contributed by atoms with Gasteiger partial charge in [0.1, 0.15) is 0 Å². The van der Waals surface area contributed by atoms with E-state index in [1.54, 1.807) is 11.0 Å². The summed E-state index contributed by atoms with van der Waals surface area (Å²) < 4.78 is 40.1. The van der Waals surface area contributed by atoms with Crippen molar-refractivity contribution in [2.45, 2.75) is 31.5 Å². The molecule has 2 fully saturated rings. The van der Waals surface area contributed by atoms with Crippen molar-refractivity contribution in [3.8, 4) is 0 Å². The molecule has 4 rings (SSSR count). The number of amides is 1. The molecule has 1 saturated carbocycles. The van der Waals surface area contributed by atoms with Crippen molar-refractivity contribution < 1.29 is 18.0 Å². The molecule has 2 nitrogen and oxygen atoms in total. The van der Waals surface area contributed by atoms with Gasteiger partial charge in [-0.25, -0.2) is 0 Å². The number of rotatable bonds is 3. The summed E-state index contributed by atoms with van der Waals surface area (Å²) in [4.78, 5) is 14.2. The molecule has 2 aromatic rings. The summed E-state index contributed by atoms with van der Waals surface area (Å²) in [6, 6.07) is 15.2. The highest BCUT2D eigenvalue weighted by Crippen LogP contribution is 2.69. The minimum atomic E-state index is -4.39. The third-order valence-corrected chi connectivity index (χ3v) is 5.57. The first kappa shape index (κ1) is 16.9. The van der Waals surface area contributed by atoms with E-state index in [1.807, 2.05) is 30.3 Å². The maximum Gasteiger partial charge on any atom is 0.416 e. The third kappa shape index (κ3) is 2.62. The molecule has 1 heterocycles. The van der Waals surface area contributed by atoms with Crippen LogP contribution in [0.3, 0.4) is 0 Å². The summed E-state index contributed by atoms with van der Waals surface area (Å²) in [5, 5.41) is 0. The molecule has 134 valence electrons. The van der Waals surface area contributed by atoms with Gasteiger partial charge in [-0.15, -0.1) is 0 Å². The van der Waals surface area contributed by atoms with Crippen molar-refractivity contribution in [2.24, 2.45) is 5.41 Å². The molecule has 2 aliphatic rings. The lowest BCUT2D eigenvalue weighted by molar-refractivity contribution is -0.138. The van der Waals surface area contributed by atoms with Crippen LogP contribution < -0.4 is 0 Å². The third-order valence-electron chi connectivity index (χ3n) is 5.57. The van der Waals surface area contributed by atoms with Crippen LogP contribution >= 0.6 is 0 Å². The van der Waals surface area contributed by atoms with E-state index < -0.39 is 17.2 Å². The van der Waals surface area contributed by atoms with Crippen molar-refractivity contribution >= 4 is 5.91 Å². The van der Waals surface area contributed by atoms with Crippen molar-refractivity contribution in [3.05, 3.63) is 83.6 Å². The van der Waals surface area contributed by atoms with Crippen LogP contribution in [0.2, 0.25) is 0 Å². The van der Waals surface area contributed by atoms with Crippen LogP contribution in [0, 0.1) is 5.41 Å². The molecule has 5 heteroatoms. The van der Waals surface area contributed by atoms with Gasteiger partial charge in [-0.1, -0.05) is 55.1 Å². The Morgan fingerprint density at radius 3 is 2.42 bits per heavy atom. The molecule has 0 bridgehead atoms. The lowest BCUT2D eigenvalue weighted by atomic mass is 9.93. The Kier molecular flexibility index (Phi) is 3.72. The quantitative estimate of drug-likeness (QED) is 0.746. The van der Waals surface area contributed by atoms with Gasteiger partial charge in [0.15, 0.2) is 0 Å². The fourth-order valence-electron chi connectivity index (χ4n) is 4.12. The number of alkyl halides is 3. The van der Waals surface area contributed by atoms with Crippen molar-refractivity contribution in [3.63, 3.8) is 0 Å². The Hall–Kier alpha value is -2.56. The number of hydrogen-bond donors (Lipinski definition) is 0. The van der Waals surface area contributed by atoms with E-state index in [4.69, 9.17) is 0 Å². The van der Waals surface area contributed by atoms with E-state index in [9.17, 15) is 18.0 Å². The number of halogens is 3. The molecular formula is C21H18F3NO. The molecule has 0 aromatic heterocycles. The summed E-state index contributed by atoms with van der Waals surface area (Å²) in [6.07, 6.45) is -3.63.